The number of rotatable bonds is 9. The first kappa shape index (κ1) is 22.4. The van der Waals surface area contributed by atoms with E-state index >= 15 is 0 Å². The predicted octanol–water partition coefficient (Wildman–Crippen LogP) is 1.13. The Labute approximate surface area is 179 Å². The number of nitrogens with zero attached hydrogens (tertiary/aromatic N) is 3. The molecule has 164 valence electrons. The molecule has 0 spiro atoms. The van der Waals surface area contributed by atoms with E-state index < -0.39 is 15.9 Å². The van der Waals surface area contributed by atoms with Crippen LogP contribution in [0.2, 0.25) is 0 Å². The number of nitrogens with one attached hydrogen (secondary N) is 2. The molecular weight excluding hydrogens is 430 g/mol. The molecule has 1 aromatic heterocycles. The van der Waals surface area contributed by atoms with Crippen molar-refractivity contribution in [3.63, 3.8) is 0 Å². The summed E-state index contributed by atoms with van der Waals surface area (Å²) in [7, 11) is -0.941. The van der Waals surface area contributed by atoms with Crippen LogP contribution in [0.4, 0.5) is 0 Å². The van der Waals surface area contributed by atoms with Gasteiger partial charge in [-0.25, -0.2) is 13.4 Å². The number of methoxy groups -OCH3 is 2. The number of H-pyrrole nitrogens is 1. The first-order chi connectivity index (χ1) is 14.5. The number of carbonyl (C=O) groups excluding carboxylic acids is 1. The summed E-state index contributed by atoms with van der Waals surface area (Å²) < 4.78 is 38.2. The van der Waals surface area contributed by atoms with Gasteiger partial charge >= 0.3 is 0 Å². The lowest BCUT2D eigenvalue weighted by atomic mass is 9.99. The maximum atomic E-state index is 13.2. The van der Waals surface area contributed by atoms with Crippen molar-refractivity contribution in [3.05, 3.63) is 24.5 Å². The fourth-order valence-corrected chi connectivity index (χ4v) is 5.56. The van der Waals surface area contributed by atoms with Gasteiger partial charge in [0.2, 0.25) is 15.9 Å². The second kappa shape index (κ2) is 10.1. The van der Waals surface area contributed by atoms with Gasteiger partial charge < -0.3 is 14.8 Å². The minimum Gasteiger partial charge on any atom is -0.497 e. The molecule has 1 aliphatic heterocycles. The summed E-state index contributed by atoms with van der Waals surface area (Å²) in [5.41, 5.74) is 0. The van der Waals surface area contributed by atoms with Crippen LogP contribution in [0.1, 0.15) is 12.8 Å². The van der Waals surface area contributed by atoms with E-state index in [2.05, 4.69) is 20.5 Å². The normalized spacial score (nSPS) is 17.5. The van der Waals surface area contributed by atoms with Gasteiger partial charge in [0.05, 0.1) is 20.1 Å². The fourth-order valence-electron chi connectivity index (χ4n) is 3.23. The van der Waals surface area contributed by atoms with Crippen LogP contribution < -0.4 is 14.8 Å². The molecule has 10 nitrogen and oxygen atoms in total. The van der Waals surface area contributed by atoms with E-state index in [4.69, 9.17) is 9.47 Å². The van der Waals surface area contributed by atoms with Crippen molar-refractivity contribution in [1.29, 1.82) is 0 Å². The smallest absolute Gasteiger partial charge is 0.246 e. The Bertz CT molecular complexity index is 952. The number of piperidine rings is 1. The molecule has 1 aromatic carbocycles. The molecule has 1 amide bonds. The standard InChI is InChI=1S/C18H25N5O5S2/c1-27-14-5-6-15(28-2)16(10-14)30(25,26)23-8-3-4-13(11-23)17(24)19-7-9-29-18-20-12-21-22-18/h5-6,10,12-13H,3-4,7-9,11H2,1-2H3,(H,19,24)(H,20,21,22)/t13-/m0/s1. The Morgan fingerprint density at radius 3 is 2.90 bits per heavy atom. The minimum atomic E-state index is -3.83. The third-order valence-electron chi connectivity index (χ3n) is 4.78. The summed E-state index contributed by atoms with van der Waals surface area (Å²) in [4.78, 5) is 16.6. The maximum Gasteiger partial charge on any atom is 0.246 e. The molecule has 1 aliphatic rings. The number of sulfonamides is 1. The van der Waals surface area contributed by atoms with Crippen LogP contribution in [-0.2, 0) is 14.8 Å². The lowest BCUT2D eigenvalue weighted by molar-refractivity contribution is -0.125. The predicted molar refractivity (Wildman–Crippen MR) is 111 cm³/mol. The number of aromatic amines is 1. The maximum absolute atomic E-state index is 13.2. The van der Waals surface area contributed by atoms with E-state index in [1.807, 2.05) is 0 Å². The van der Waals surface area contributed by atoms with Crippen LogP contribution in [0, 0.1) is 5.92 Å². The Hall–Kier alpha value is -2.31. The summed E-state index contributed by atoms with van der Waals surface area (Å²) in [5, 5.41) is 10.1. The second-order valence-electron chi connectivity index (χ2n) is 6.65. The topological polar surface area (TPSA) is 127 Å². The number of hydrogen-bond donors (Lipinski definition) is 2. The lowest BCUT2D eigenvalue weighted by Crippen LogP contribution is -2.45. The summed E-state index contributed by atoms with van der Waals surface area (Å²) in [6, 6.07) is 4.64. The third-order valence-corrected chi connectivity index (χ3v) is 7.54. The molecule has 0 bridgehead atoms. The molecule has 0 unspecified atom stereocenters. The van der Waals surface area contributed by atoms with Gasteiger partial charge in [-0.3, -0.25) is 9.89 Å². The largest absolute Gasteiger partial charge is 0.497 e. The molecule has 2 N–H and O–H groups in total. The van der Waals surface area contributed by atoms with Crippen molar-refractivity contribution >= 4 is 27.7 Å². The molecule has 1 saturated heterocycles. The highest BCUT2D eigenvalue weighted by Crippen LogP contribution is 2.32. The Morgan fingerprint density at radius 2 is 2.20 bits per heavy atom. The molecule has 1 atom stereocenters. The van der Waals surface area contributed by atoms with E-state index in [-0.39, 0.29) is 23.1 Å². The lowest BCUT2D eigenvalue weighted by Gasteiger charge is -2.31. The van der Waals surface area contributed by atoms with Gasteiger partial charge in [0.1, 0.15) is 22.7 Å². The average Bonchev–Trinajstić information content (AvgIpc) is 3.29. The number of amides is 1. The highest BCUT2D eigenvalue weighted by Gasteiger charge is 2.35. The van der Waals surface area contributed by atoms with Crippen molar-refractivity contribution in [2.24, 2.45) is 5.92 Å². The van der Waals surface area contributed by atoms with E-state index in [0.29, 0.717) is 42.6 Å². The van der Waals surface area contributed by atoms with Crippen LogP contribution in [-0.4, -0.2) is 73.4 Å². The summed E-state index contributed by atoms with van der Waals surface area (Å²) in [6.45, 7) is 0.939. The minimum absolute atomic E-state index is 0.0360. The number of carbonyl (C=O) groups is 1. The fraction of sp³-hybridized carbons (Fsp3) is 0.500. The Morgan fingerprint density at radius 1 is 1.37 bits per heavy atom. The van der Waals surface area contributed by atoms with Crippen molar-refractivity contribution in [1.82, 2.24) is 24.8 Å². The van der Waals surface area contributed by atoms with Gasteiger partial charge in [0, 0.05) is 31.5 Å². The molecule has 12 heteroatoms. The van der Waals surface area contributed by atoms with E-state index in [1.54, 1.807) is 12.1 Å². The van der Waals surface area contributed by atoms with E-state index in [1.165, 1.54) is 42.7 Å². The number of thioether (sulfide) groups is 1. The zero-order chi connectivity index (χ0) is 21.6. The van der Waals surface area contributed by atoms with Crippen molar-refractivity contribution in [2.45, 2.75) is 22.9 Å². The van der Waals surface area contributed by atoms with Gasteiger partial charge in [-0.05, 0) is 25.0 Å². The molecule has 0 aliphatic carbocycles. The van der Waals surface area contributed by atoms with Gasteiger partial charge in [0.25, 0.3) is 0 Å². The van der Waals surface area contributed by atoms with E-state index in [0.717, 1.165) is 0 Å². The number of ether oxygens (including phenoxy) is 2. The van der Waals surface area contributed by atoms with Crippen molar-refractivity contribution in [3.8, 4) is 11.5 Å². The highest BCUT2D eigenvalue weighted by atomic mass is 32.2. The average molecular weight is 456 g/mol. The Balaban J connectivity index is 1.62. The quantitative estimate of drug-likeness (QED) is 0.426. The van der Waals surface area contributed by atoms with Gasteiger partial charge in [-0.1, -0.05) is 11.8 Å². The van der Waals surface area contributed by atoms with Crippen LogP contribution >= 0.6 is 11.8 Å². The van der Waals surface area contributed by atoms with E-state index in [9.17, 15) is 13.2 Å². The monoisotopic (exact) mass is 455 g/mol. The molecule has 0 saturated carbocycles. The van der Waals surface area contributed by atoms with Gasteiger partial charge in [0.15, 0.2) is 5.16 Å². The molecule has 1 fully saturated rings. The van der Waals surface area contributed by atoms with Crippen LogP contribution in [0.5, 0.6) is 11.5 Å². The number of hydrogen-bond acceptors (Lipinski definition) is 8. The number of aromatic nitrogens is 3. The van der Waals surface area contributed by atoms with Crippen molar-refractivity contribution in [2.75, 3.05) is 39.6 Å². The van der Waals surface area contributed by atoms with Crippen LogP contribution in [0.15, 0.2) is 34.6 Å². The molecule has 2 heterocycles. The first-order valence-electron chi connectivity index (χ1n) is 9.43. The summed E-state index contributed by atoms with van der Waals surface area (Å²) >= 11 is 1.45. The van der Waals surface area contributed by atoms with Crippen molar-refractivity contribution < 1.29 is 22.7 Å². The Kier molecular flexibility index (Phi) is 7.56. The number of benzene rings is 1. The van der Waals surface area contributed by atoms with Crippen LogP contribution in [0.3, 0.4) is 0 Å². The third kappa shape index (κ3) is 5.24. The zero-order valence-electron chi connectivity index (χ0n) is 16.8. The summed E-state index contributed by atoms with van der Waals surface area (Å²) in [5.74, 6) is 0.749. The first-order valence-corrected chi connectivity index (χ1v) is 11.9. The van der Waals surface area contributed by atoms with Crippen LogP contribution in [0.25, 0.3) is 0 Å². The van der Waals surface area contributed by atoms with Gasteiger partial charge in [-0.2, -0.15) is 9.40 Å². The SMILES string of the molecule is COc1ccc(OC)c(S(=O)(=O)N2CCC[C@H](C(=O)NCCSc3ncn[nH]3)C2)c1. The second-order valence-corrected chi connectivity index (χ2v) is 9.64. The molecular formula is C18H25N5O5S2. The molecule has 2 aromatic rings. The molecule has 3 rings (SSSR count). The molecule has 0 radical (unpaired) electrons. The highest BCUT2D eigenvalue weighted by molar-refractivity contribution is 7.99. The molecule has 30 heavy (non-hydrogen) atoms. The zero-order valence-corrected chi connectivity index (χ0v) is 18.5. The summed E-state index contributed by atoms with van der Waals surface area (Å²) in [6.07, 6.45) is 2.67. The van der Waals surface area contributed by atoms with Gasteiger partial charge in [-0.15, -0.1) is 0 Å².